The van der Waals surface area contributed by atoms with Crippen LogP contribution in [0.1, 0.15) is 39.7 Å². The minimum Gasteiger partial charge on any atom is -0.462 e. The van der Waals surface area contributed by atoms with Crippen LogP contribution >= 0.6 is 0 Å². The molecule has 2 heterocycles. The first-order valence-corrected chi connectivity index (χ1v) is 8.65. The molecule has 9 heteroatoms. The summed E-state index contributed by atoms with van der Waals surface area (Å²) < 4.78 is 47.1. The fourth-order valence-corrected chi connectivity index (χ4v) is 2.75. The lowest BCUT2D eigenvalue weighted by Gasteiger charge is -2.06. The van der Waals surface area contributed by atoms with Crippen molar-refractivity contribution in [3.63, 3.8) is 0 Å². The van der Waals surface area contributed by atoms with Crippen LogP contribution in [0.15, 0.2) is 42.9 Å². The second kappa shape index (κ2) is 7.87. The summed E-state index contributed by atoms with van der Waals surface area (Å²) in [7, 11) is 0. The third-order valence-electron chi connectivity index (χ3n) is 4.00. The van der Waals surface area contributed by atoms with Gasteiger partial charge >= 0.3 is 12.1 Å². The SMILES string of the molecule is CCOC(=O)c1cn(Cc2ccc(Cn3cc(C)cn3)cc2)nc1C(F)(F)F. The molecular weight excluding hydrogens is 373 g/mol. The van der Waals surface area contributed by atoms with Gasteiger partial charge in [0.25, 0.3) is 0 Å². The Kier molecular flexibility index (Phi) is 5.53. The van der Waals surface area contributed by atoms with Gasteiger partial charge in [-0.3, -0.25) is 9.36 Å². The quantitative estimate of drug-likeness (QED) is 0.601. The average Bonchev–Trinajstić information content (AvgIpc) is 3.23. The first-order chi connectivity index (χ1) is 13.3. The largest absolute Gasteiger partial charge is 0.462 e. The van der Waals surface area contributed by atoms with Gasteiger partial charge in [0.1, 0.15) is 5.56 Å². The van der Waals surface area contributed by atoms with Gasteiger partial charge in [0.05, 0.1) is 25.9 Å². The highest BCUT2D eigenvalue weighted by Gasteiger charge is 2.39. The monoisotopic (exact) mass is 392 g/mol. The van der Waals surface area contributed by atoms with Crippen LogP contribution in [0.4, 0.5) is 13.2 Å². The molecule has 0 aliphatic heterocycles. The number of aromatic nitrogens is 4. The van der Waals surface area contributed by atoms with Gasteiger partial charge < -0.3 is 4.74 Å². The molecule has 28 heavy (non-hydrogen) atoms. The molecule has 0 aliphatic carbocycles. The Morgan fingerprint density at radius 2 is 1.68 bits per heavy atom. The number of benzene rings is 1. The average molecular weight is 392 g/mol. The molecule has 0 aliphatic rings. The summed E-state index contributed by atoms with van der Waals surface area (Å²) in [6.45, 7) is 4.17. The molecule has 2 aromatic heterocycles. The Morgan fingerprint density at radius 1 is 1.07 bits per heavy atom. The normalized spacial score (nSPS) is 11.6. The molecule has 0 bridgehead atoms. The van der Waals surface area contributed by atoms with E-state index < -0.39 is 23.4 Å². The van der Waals surface area contributed by atoms with Crippen LogP contribution in [-0.4, -0.2) is 32.1 Å². The second-order valence-electron chi connectivity index (χ2n) is 6.34. The minimum atomic E-state index is -4.74. The Bertz CT molecular complexity index is 958. The maximum atomic E-state index is 13.2. The van der Waals surface area contributed by atoms with Crippen LogP contribution in [0.5, 0.6) is 0 Å². The van der Waals surface area contributed by atoms with E-state index in [0.29, 0.717) is 6.54 Å². The van der Waals surface area contributed by atoms with Crippen LogP contribution in [0, 0.1) is 6.92 Å². The Morgan fingerprint density at radius 3 is 2.18 bits per heavy atom. The van der Waals surface area contributed by atoms with E-state index in [1.54, 1.807) is 10.9 Å². The Balaban J connectivity index is 1.76. The Labute approximate surface area is 159 Å². The van der Waals surface area contributed by atoms with Gasteiger partial charge in [-0.1, -0.05) is 24.3 Å². The molecule has 0 atom stereocenters. The van der Waals surface area contributed by atoms with Crippen molar-refractivity contribution in [1.82, 2.24) is 19.6 Å². The van der Waals surface area contributed by atoms with Crippen molar-refractivity contribution < 1.29 is 22.7 Å². The number of rotatable bonds is 6. The number of hydrogen-bond acceptors (Lipinski definition) is 4. The fraction of sp³-hybridized carbons (Fsp3) is 0.316. The van der Waals surface area contributed by atoms with Gasteiger partial charge in [0.15, 0.2) is 5.69 Å². The van der Waals surface area contributed by atoms with E-state index in [9.17, 15) is 18.0 Å². The molecule has 0 saturated carbocycles. The fourth-order valence-electron chi connectivity index (χ4n) is 2.75. The molecule has 0 saturated heterocycles. The first kappa shape index (κ1) is 19.7. The highest BCUT2D eigenvalue weighted by molar-refractivity contribution is 5.90. The van der Waals surface area contributed by atoms with Crippen molar-refractivity contribution in [3.05, 3.63) is 70.8 Å². The first-order valence-electron chi connectivity index (χ1n) is 8.65. The smallest absolute Gasteiger partial charge is 0.436 e. The molecular formula is C19H19F3N4O2. The number of aryl methyl sites for hydroxylation is 1. The zero-order valence-corrected chi connectivity index (χ0v) is 15.4. The van der Waals surface area contributed by atoms with Crippen molar-refractivity contribution in [2.24, 2.45) is 0 Å². The van der Waals surface area contributed by atoms with Crippen molar-refractivity contribution >= 4 is 5.97 Å². The van der Waals surface area contributed by atoms with Gasteiger partial charge in [-0.15, -0.1) is 0 Å². The van der Waals surface area contributed by atoms with E-state index in [1.807, 2.05) is 37.4 Å². The molecule has 0 fully saturated rings. The van der Waals surface area contributed by atoms with Gasteiger partial charge in [-0.25, -0.2) is 4.79 Å². The molecule has 3 rings (SSSR count). The third kappa shape index (κ3) is 4.59. The number of carbonyl (C=O) groups excluding carboxylic acids is 1. The Hall–Kier alpha value is -3.10. The number of ether oxygens (including phenoxy) is 1. The van der Waals surface area contributed by atoms with Crippen LogP contribution in [0.25, 0.3) is 0 Å². The molecule has 0 amide bonds. The topological polar surface area (TPSA) is 61.9 Å². The van der Waals surface area contributed by atoms with Crippen LogP contribution in [-0.2, 0) is 24.0 Å². The molecule has 0 N–H and O–H groups in total. The van der Waals surface area contributed by atoms with Crippen LogP contribution in [0.2, 0.25) is 0 Å². The molecule has 6 nitrogen and oxygen atoms in total. The second-order valence-corrected chi connectivity index (χ2v) is 6.34. The third-order valence-corrected chi connectivity index (χ3v) is 4.00. The summed E-state index contributed by atoms with van der Waals surface area (Å²) in [5.41, 5.74) is 1.01. The highest BCUT2D eigenvalue weighted by atomic mass is 19.4. The van der Waals surface area contributed by atoms with Crippen molar-refractivity contribution in [3.8, 4) is 0 Å². The predicted octanol–water partition coefficient (Wildman–Crippen LogP) is 3.68. The lowest BCUT2D eigenvalue weighted by molar-refractivity contribution is -0.142. The van der Waals surface area contributed by atoms with E-state index in [-0.39, 0.29) is 13.2 Å². The number of halogens is 3. The summed E-state index contributed by atoms with van der Waals surface area (Å²) in [4.78, 5) is 11.8. The maximum Gasteiger partial charge on any atom is 0.436 e. The number of carbonyl (C=O) groups is 1. The summed E-state index contributed by atoms with van der Waals surface area (Å²) in [5.74, 6) is -1.04. The highest BCUT2D eigenvalue weighted by Crippen LogP contribution is 2.31. The number of nitrogens with zero attached hydrogens (tertiary/aromatic N) is 4. The summed E-state index contributed by atoms with van der Waals surface area (Å²) in [5, 5.41) is 7.77. The lowest BCUT2D eigenvalue weighted by Crippen LogP contribution is -2.14. The maximum absolute atomic E-state index is 13.2. The van der Waals surface area contributed by atoms with E-state index in [2.05, 4.69) is 10.2 Å². The van der Waals surface area contributed by atoms with E-state index in [4.69, 9.17) is 4.74 Å². The molecule has 0 unspecified atom stereocenters. The van der Waals surface area contributed by atoms with E-state index in [1.165, 1.54) is 6.92 Å². The van der Waals surface area contributed by atoms with Gasteiger partial charge in [0, 0.05) is 12.4 Å². The number of alkyl halides is 3. The van der Waals surface area contributed by atoms with Crippen molar-refractivity contribution in [2.45, 2.75) is 33.1 Å². The predicted molar refractivity (Wildman–Crippen MR) is 94.8 cm³/mol. The molecule has 148 valence electrons. The van der Waals surface area contributed by atoms with Gasteiger partial charge in [0.2, 0.25) is 0 Å². The van der Waals surface area contributed by atoms with Gasteiger partial charge in [-0.05, 0) is 30.5 Å². The zero-order chi connectivity index (χ0) is 20.3. The van der Waals surface area contributed by atoms with E-state index in [0.717, 1.165) is 27.6 Å². The molecule has 0 radical (unpaired) electrons. The number of hydrogen-bond donors (Lipinski definition) is 0. The molecule has 1 aromatic carbocycles. The zero-order valence-electron chi connectivity index (χ0n) is 15.4. The molecule has 0 spiro atoms. The minimum absolute atomic E-state index is 0.0153. The van der Waals surface area contributed by atoms with Crippen molar-refractivity contribution in [2.75, 3.05) is 6.61 Å². The van der Waals surface area contributed by atoms with E-state index >= 15 is 0 Å². The summed E-state index contributed by atoms with van der Waals surface area (Å²) in [6, 6.07) is 7.38. The lowest BCUT2D eigenvalue weighted by atomic mass is 10.1. The summed E-state index contributed by atoms with van der Waals surface area (Å²) >= 11 is 0. The van der Waals surface area contributed by atoms with Crippen molar-refractivity contribution in [1.29, 1.82) is 0 Å². The summed E-state index contributed by atoms with van der Waals surface area (Å²) in [6.07, 6.45) is 0.0268. The standard InChI is InChI=1S/C19H19F3N4O2/c1-3-28-18(27)16-12-26(24-17(16)19(20,21)22)11-15-6-4-14(5-7-15)10-25-9-13(2)8-23-25/h4-9,12H,3,10-11H2,1-2H3. The van der Waals surface area contributed by atoms with Crippen LogP contribution in [0.3, 0.4) is 0 Å². The van der Waals surface area contributed by atoms with Crippen LogP contribution < -0.4 is 0 Å². The number of esters is 1. The molecule has 3 aromatic rings. The van der Waals surface area contributed by atoms with Gasteiger partial charge in [-0.2, -0.15) is 23.4 Å².